The highest BCUT2D eigenvalue weighted by Gasteiger charge is 2.20. The molecule has 1 aliphatic heterocycles. The van der Waals surface area contributed by atoms with Gasteiger partial charge in [-0.25, -0.2) is 4.39 Å². The number of guanidine groups is 1. The predicted molar refractivity (Wildman–Crippen MR) is 115 cm³/mol. The lowest BCUT2D eigenvalue weighted by Crippen LogP contribution is -2.45. The number of hydrogen-bond donors (Lipinski definition) is 2. The van der Waals surface area contributed by atoms with Crippen molar-refractivity contribution in [3.05, 3.63) is 78.4 Å². The van der Waals surface area contributed by atoms with Crippen LogP contribution in [0.2, 0.25) is 0 Å². The van der Waals surface area contributed by atoms with E-state index in [4.69, 9.17) is 14.2 Å². The number of benzene rings is 2. The molecule has 0 amide bonds. The Labute approximate surface area is 179 Å². The third-order valence-electron chi connectivity index (χ3n) is 4.61. The number of aliphatic imine (C=N–C) groups is 1. The van der Waals surface area contributed by atoms with Crippen LogP contribution >= 0.6 is 0 Å². The van der Waals surface area contributed by atoms with E-state index in [9.17, 15) is 4.39 Å². The van der Waals surface area contributed by atoms with Crippen molar-refractivity contribution >= 4 is 5.96 Å². The Kier molecular flexibility index (Phi) is 6.47. The van der Waals surface area contributed by atoms with Crippen LogP contribution in [-0.2, 0) is 6.54 Å². The van der Waals surface area contributed by atoms with Gasteiger partial charge in [0.1, 0.15) is 18.5 Å². The van der Waals surface area contributed by atoms with Gasteiger partial charge in [0, 0.05) is 19.8 Å². The summed E-state index contributed by atoms with van der Waals surface area (Å²) in [4.78, 5) is 8.15. The normalized spacial score (nSPS) is 15.3. The summed E-state index contributed by atoms with van der Waals surface area (Å²) in [5.74, 6) is 2.24. The third-order valence-corrected chi connectivity index (χ3v) is 4.61. The second-order valence-corrected chi connectivity index (χ2v) is 6.86. The Morgan fingerprint density at radius 2 is 2.03 bits per heavy atom. The molecule has 1 aromatic heterocycles. The molecule has 0 aliphatic carbocycles. The van der Waals surface area contributed by atoms with Crippen LogP contribution in [0.15, 0.2) is 72.0 Å². The Balaban J connectivity index is 1.27. The first-order valence-electron chi connectivity index (χ1n) is 9.90. The fourth-order valence-corrected chi connectivity index (χ4v) is 3.05. The first-order valence-corrected chi connectivity index (χ1v) is 9.90. The maximum atomic E-state index is 14.4. The molecule has 160 valence electrons. The molecule has 2 N–H and O–H groups in total. The van der Waals surface area contributed by atoms with Crippen molar-refractivity contribution < 1.29 is 18.6 Å². The second-order valence-electron chi connectivity index (χ2n) is 6.86. The smallest absolute Gasteiger partial charge is 0.191 e. The van der Waals surface area contributed by atoms with Gasteiger partial charge < -0.3 is 24.8 Å². The highest BCUT2D eigenvalue weighted by atomic mass is 19.1. The Morgan fingerprint density at radius 3 is 2.81 bits per heavy atom. The van der Waals surface area contributed by atoms with Crippen LogP contribution in [0.1, 0.15) is 5.56 Å². The van der Waals surface area contributed by atoms with Gasteiger partial charge in [0.25, 0.3) is 0 Å². The highest BCUT2D eigenvalue weighted by Crippen LogP contribution is 2.30. The molecule has 2 aromatic carbocycles. The summed E-state index contributed by atoms with van der Waals surface area (Å²) < 4.78 is 31.6. The van der Waals surface area contributed by atoms with Crippen LogP contribution in [0.4, 0.5) is 4.39 Å². The fourth-order valence-electron chi connectivity index (χ4n) is 3.05. The molecule has 0 spiro atoms. The molecule has 1 aliphatic rings. The Hall–Kier alpha value is -3.81. The SMILES string of the molecule is CN=C(NCc1ccc(Oc2cccnc2)c(F)c1)NCC1COc2ccccc2O1. The lowest BCUT2D eigenvalue weighted by Gasteiger charge is -2.27. The average Bonchev–Trinajstić information content (AvgIpc) is 2.81. The molecule has 0 bridgehead atoms. The average molecular weight is 422 g/mol. The molecule has 2 heterocycles. The van der Waals surface area contributed by atoms with E-state index in [0.717, 1.165) is 17.1 Å². The molecule has 0 fully saturated rings. The summed E-state index contributed by atoms with van der Waals surface area (Å²) >= 11 is 0. The molecule has 1 atom stereocenters. The lowest BCUT2D eigenvalue weighted by molar-refractivity contribution is 0.0936. The molecule has 7 nitrogen and oxygen atoms in total. The summed E-state index contributed by atoms with van der Waals surface area (Å²) in [5, 5.41) is 6.37. The zero-order valence-electron chi connectivity index (χ0n) is 17.0. The number of rotatable bonds is 6. The van der Waals surface area contributed by atoms with Crippen molar-refractivity contribution in [1.29, 1.82) is 0 Å². The maximum Gasteiger partial charge on any atom is 0.191 e. The van der Waals surface area contributed by atoms with Crippen LogP contribution in [0.5, 0.6) is 23.0 Å². The van der Waals surface area contributed by atoms with Gasteiger partial charge in [-0.15, -0.1) is 0 Å². The number of fused-ring (bicyclic) bond motifs is 1. The van der Waals surface area contributed by atoms with Gasteiger partial charge in [-0.1, -0.05) is 18.2 Å². The first-order chi connectivity index (χ1) is 15.2. The number of hydrogen-bond acceptors (Lipinski definition) is 5. The van der Waals surface area contributed by atoms with Crippen LogP contribution in [-0.4, -0.2) is 37.2 Å². The number of pyridine rings is 1. The van der Waals surface area contributed by atoms with Crippen molar-refractivity contribution in [2.45, 2.75) is 12.6 Å². The summed E-state index contributed by atoms with van der Waals surface area (Å²) in [6.45, 7) is 1.36. The Morgan fingerprint density at radius 1 is 1.16 bits per heavy atom. The standard InChI is InChI=1S/C23H23FN4O3/c1-25-23(28-14-18-15-29-21-6-2-3-7-22(21)31-18)27-12-16-8-9-20(19(24)11-16)30-17-5-4-10-26-13-17/h2-11,13,18H,12,14-15H2,1H3,(H2,25,27,28). The second kappa shape index (κ2) is 9.80. The minimum Gasteiger partial charge on any atom is -0.486 e. The van der Waals surface area contributed by atoms with Crippen molar-refractivity contribution in [3.8, 4) is 23.0 Å². The molecule has 31 heavy (non-hydrogen) atoms. The number of nitrogens with one attached hydrogen (secondary N) is 2. The largest absolute Gasteiger partial charge is 0.486 e. The molecule has 0 radical (unpaired) electrons. The number of halogens is 1. The number of ether oxygens (including phenoxy) is 3. The van der Waals surface area contributed by atoms with E-state index in [-0.39, 0.29) is 11.9 Å². The molecule has 1 unspecified atom stereocenters. The van der Waals surface area contributed by atoms with E-state index in [1.165, 1.54) is 12.3 Å². The van der Waals surface area contributed by atoms with Gasteiger partial charge in [-0.3, -0.25) is 9.98 Å². The van der Waals surface area contributed by atoms with E-state index in [2.05, 4.69) is 20.6 Å². The van der Waals surface area contributed by atoms with Gasteiger partial charge in [-0.05, 0) is 42.0 Å². The van der Waals surface area contributed by atoms with E-state index < -0.39 is 5.82 Å². The van der Waals surface area contributed by atoms with E-state index in [0.29, 0.717) is 31.4 Å². The molecule has 4 rings (SSSR count). The van der Waals surface area contributed by atoms with E-state index in [1.807, 2.05) is 24.3 Å². The molecule has 0 saturated heterocycles. The van der Waals surface area contributed by atoms with Crippen molar-refractivity contribution in [3.63, 3.8) is 0 Å². The van der Waals surface area contributed by atoms with Gasteiger partial charge in [0.15, 0.2) is 29.0 Å². The zero-order valence-corrected chi connectivity index (χ0v) is 17.0. The summed E-state index contributed by atoms with van der Waals surface area (Å²) in [6, 6.07) is 15.9. The van der Waals surface area contributed by atoms with Crippen molar-refractivity contribution in [2.75, 3.05) is 20.2 Å². The van der Waals surface area contributed by atoms with Crippen LogP contribution in [0.3, 0.4) is 0 Å². The van der Waals surface area contributed by atoms with Gasteiger partial charge in [-0.2, -0.15) is 0 Å². The van der Waals surface area contributed by atoms with E-state index in [1.54, 1.807) is 37.5 Å². The van der Waals surface area contributed by atoms with Crippen LogP contribution < -0.4 is 24.8 Å². The van der Waals surface area contributed by atoms with Gasteiger partial charge >= 0.3 is 0 Å². The maximum absolute atomic E-state index is 14.4. The fraction of sp³-hybridized carbons (Fsp3) is 0.217. The minimum atomic E-state index is -0.447. The van der Waals surface area contributed by atoms with Crippen LogP contribution in [0, 0.1) is 5.82 Å². The number of aromatic nitrogens is 1. The summed E-state index contributed by atoms with van der Waals surface area (Å²) in [7, 11) is 1.67. The molecule has 8 heteroatoms. The van der Waals surface area contributed by atoms with Gasteiger partial charge in [0.05, 0.1) is 12.7 Å². The molecular weight excluding hydrogens is 399 g/mol. The zero-order chi connectivity index (χ0) is 21.5. The quantitative estimate of drug-likeness (QED) is 0.468. The third kappa shape index (κ3) is 5.42. The molecular formula is C23H23FN4O3. The minimum absolute atomic E-state index is 0.144. The van der Waals surface area contributed by atoms with Gasteiger partial charge in [0.2, 0.25) is 0 Å². The first kappa shape index (κ1) is 20.5. The molecule has 3 aromatic rings. The lowest BCUT2D eigenvalue weighted by atomic mass is 10.2. The monoisotopic (exact) mass is 422 g/mol. The molecule has 0 saturated carbocycles. The van der Waals surface area contributed by atoms with E-state index >= 15 is 0 Å². The summed E-state index contributed by atoms with van der Waals surface area (Å²) in [6.07, 6.45) is 3.02. The number of nitrogens with zero attached hydrogens (tertiary/aromatic N) is 2. The summed E-state index contributed by atoms with van der Waals surface area (Å²) in [5.41, 5.74) is 0.755. The van der Waals surface area contributed by atoms with Crippen molar-refractivity contribution in [1.82, 2.24) is 15.6 Å². The Bertz CT molecular complexity index is 1050. The van der Waals surface area contributed by atoms with Crippen molar-refractivity contribution in [2.24, 2.45) is 4.99 Å². The number of para-hydroxylation sites is 2. The predicted octanol–water partition coefficient (Wildman–Crippen LogP) is 3.52. The van der Waals surface area contributed by atoms with Crippen LogP contribution in [0.25, 0.3) is 0 Å². The highest BCUT2D eigenvalue weighted by molar-refractivity contribution is 5.79. The topological polar surface area (TPSA) is 77.0 Å².